The van der Waals surface area contributed by atoms with Crippen LogP contribution in [0, 0.1) is 6.92 Å². The number of amides is 1. The lowest BCUT2D eigenvalue weighted by Gasteiger charge is -2.36. The van der Waals surface area contributed by atoms with Crippen molar-refractivity contribution in [2.75, 3.05) is 6.54 Å². The van der Waals surface area contributed by atoms with Gasteiger partial charge in [-0.2, -0.15) is 0 Å². The molecular formula is C21H19NO4. The summed E-state index contributed by atoms with van der Waals surface area (Å²) in [4.78, 5) is 26.2. The molecule has 5 nitrogen and oxygen atoms in total. The van der Waals surface area contributed by atoms with E-state index >= 15 is 0 Å². The largest absolute Gasteiger partial charge is 0.481 e. The third-order valence-corrected chi connectivity index (χ3v) is 4.93. The van der Waals surface area contributed by atoms with Crippen LogP contribution in [-0.2, 0) is 11.2 Å². The van der Waals surface area contributed by atoms with Crippen molar-refractivity contribution in [2.45, 2.75) is 25.8 Å². The first-order valence-corrected chi connectivity index (χ1v) is 8.63. The van der Waals surface area contributed by atoms with Crippen molar-refractivity contribution >= 4 is 22.8 Å². The Balaban J connectivity index is 1.71. The van der Waals surface area contributed by atoms with E-state index in [1.807, 2.05) is 43.3 Å². The molecule has 5 heteroatoms. The van der Waals surface area contributed by atoms with Crippen molar-refractivity contribution in [2.24, 2.45) is 0 Å². The fourth-order valence-corrected chi connectivity index (χ4v) is 3.76. The van der Waals surface area contributed by atoms with Crippen molar-refractivity contribution in [1.29, 1.82) is 0 Å². The summed E-state index contributed by atoms with van der Waals surface area (Å²) in [5.74, 6) is -0.267. The van der Waals surface area contributed by atoms with Gasteiger partial charge in [0.1, 0.15) is 11.3 Å². The van der Waals surface area contributed by atoms with Crippen LogP contribution in [-0.4, -0.2) is 28.4 Å². The molecule has 2 aromatic carbocycles. The topological polar surface area (TPSA) is 70.8 Å². The van der Waals surface area contributed by atoms with Crippen molar-refractivity contribution < 1.29 is 19.1 Å². The maximum atomic E-state index is 13.2. The molecule has 1 atom stereocenters. The number of hydrogen-bond donors (Lipinski definition) is 1. The van der Waals surface area contributed by atoms with Gasteiger partial charge in [-0.05, 0) is 48.7 Å². The van der Waals surface area contributed by atoms with Crippen LogP contribution in [0.4, 0.5) is 0 Å². The van der Waals surface area contributed by atoms with E-state index in [0.717, 1.165) is 34.3 Å². The molecule has 1 N–H and O–H groups in total. The third-order valence-electron chi connectivity index (χ3n) is 4.93. The van der Waals surface area contributed by atoms with Crippen LogP contribution >= 0.6 is 0 Å². The second kappa shape index (κ2) is 6.33. The van der Waals surface area contributed by atoms with Crippen LogP contribution in [0.2, 0.25) is 0 Å². The van der Waals surface area contributed by atoms with Crippen molar-refractivity contribution in [3.05, 3.63) is 71.0 Å². The first-order valence-electron chi connectivity index (χ1n) is 8.63. The molecule has 0 radical (unpaired) electrons. The molecule has 1 amide bonds. The predicted molar refractivity (Wildman–Crippen MR) is 97.1 cm³/mol. The predicted octanol–water partition coefficient (Wildman–Crippen LogP) is 3.96. The molecule has 0 fully saturated rings. The minimum atomic E-state index is -0.912. The zero-order valence-corrected chi connectivity index (χ0v) is 14.4. The highest BCUT2D eigenvalue weighted by Crippen LogP contribution is 2.33. The molecule has 3 aromatic rings. The van der Waals surface area contributed by atoms with E-state index in [0.29, 0.717) is 12.1 Å². The zero-order chi connectivity index (χ0) is 18.3. The Bertz CT molecular complexity index is 1000. The first kappa shape index (κ1) is 16.4. The molecule has 1 aliphatic rings. The quantitative estimate of drug-likeness (QED) is 0.777. The Morgan fingerprint density at radius 2 is 2.00 bits per heavy atom. The van der Waals surface area contributed by atoms with E-state index < -0.39 is 12.0 Å². The van der Waals surface area contributed by atoms with Gasteiger partial charge in [0.15, 0.2) is 0 Å². The maximum absolute atomic E-state index is 13.2. The van der Waals surface area contributed by atoms with Gasteiger partial charge in [-0.3, -0.25) is 9.59 Å². The Labute approximate surface area is 150 Å². The number of fused-ring (bicyclic) bond motifs is 2. The number of carboxylic acid groups (broad SMARTS) is 1. The van der Waals surface area contributed by atoms with E-state index in [2.05, 4.69) is 0 Å². The molecule has 1 aromatic heterocycles. The molecule has 0 aliphatic carbocycles. The summed E-state index contributed by atoms with van der Waals surface area (Å²) in [6, 6.07) is 14.6. The summed E-state index contributed by atoms with van der Waals surface area (Å²) in [6.07, 6.45) is 0.626. The lowest BCUT2D eigenvalue weighted by Crippen LogP contribution is -2.41. The lowest BCUT2D eigenvalue weighted by atomic mass is 9.90. The Kier molecular flexibility index (Phi) is 3.99. The van der Waals surface area contributed by atoms with Crippen LogP contribution in [0.15, 0.2) is 52.9 Å². The number of carboxylic acids is 1. The van der Waals surface area contributed by atoms with Gasteiger partial charge in [0.25, 0.3) is 5.91 Å². The van der Waals surface area contributed by atoms with Gasteiger partial charge in [-0.25, -0.2) is 0 Å². The number of benzene rings is 2. The van der Waals surface area contributed by atoms with Gasteiger partial charge in [-0.15, -0.1) is 0 Å². The van der Waals surface area contributed by atoms with Crippen molar-refractivity contribution in [3.8, 4) is 0 Å². The SMILES string of the molecule is Cc1cc2cc(C(=O)N3CCc4ccccc4[C@H]3CC(=O)O)ccc2o1. The Morgan fingerprint density at radius 3 is 2.81 bits per heavy atom. The van der Waals surface area contributed by atoms with Gasteiger partial charge in [-0.1, -0.05) is 24.3 Å². The Hall–Kier alpha value is -3.08. The second-order valence-corrected chi connectivity index (χ2v) is 6.67. The van der Waals surface area contributed by atoms with Gasteiger partial charge < -0.3 is 14.4 Å². The number of furan rings is 1. The smallest absolute Gasteiger partial charge is 0.305 e. The van der Waals surface area contributed by atoms with Crippen LogP contribution in [0.1, 0.15) is 39.7 Å². The van der Waals surface area contributed by atoms with Gasteiger partial charge in [0.05, 0.1) is 12.5 Å². The number of nitrogens with zero attached hydrogens (tertiary/aromatic N) is 1. The summed E-state index contributed by atoms with van der Waals surface area (Å²) in [5.41, 5.74) is 3.33. The number of carbonyl (C=O) groups excluding carboxylic acids is 1. The van der Waals surface area contributed by atoms with Crippen LogP contribution < -0.4 is 0 Å². The molecule has 1 aliphatic heterocycles. The minimum Gasteiger partial charge on any atom is -0.481 e. The summed E-state index contributed by atoms with van der Waals surface area (Å²) in [5, 5.41) is 10.2. The molecular weight excluding hydrogens is 330 g/mol. The first-order chi connectivity index (χ1) is 12.5. The molecule has 132 valence electrons. The molecule has 4 rings (SSSR count). The fourth-order valence-electron chi connectivity index (χ4n) is 3.76. The molecule has 0 bridgehead atoms. The maximum Gasteiger partial charge on any atom is 0.305 e. The lowest BCUT2D eigenvalue weighted by molar-refractivity contribution is -0.138. The number of rotatable bonds is 3. The fraction of sp³-hybridized carbons (Fsp3) is 0.238. The van der Waals surface area contributed by atoms with E-state index in [1.165, 1.54) is 0 Å². The molecule has 0 saturated carbocycles. The Morgan fingerprint density at radius 1 is 1.19 bits per heavy atom. The number of aryl methyl sites for hydroxylation is 1. The van der Waals surface area contributed by atoms with E-state index in [9.17, 15) is 14.7 Å². The van der Waals surface area contributed by atoms with E-state index in [1.54, 1.807) is 17.0 Å². The van der Waals surface area contributed by atoms with Crippen LogP contribution in [0.3, 0.4) is 0 Å². The molecule has 0 spiro atoms. The second-order valence-electron chi connectivity index (χ2n) is 6.67. The van der Waals surface area contributed by atoms with E-state index in [4.69, 9.17) is 4.42 Å². The van der Waals surface area contributed by atoms with Crippen molar-refractivity contribution in [1.82, 2.24) is 4.90 Å². The highest BCUT2D eigenvalue weighted by Gasteiger charge is 2.32. The summed E-state index contributed by atoms with van der Waals surface area (Å²) >= 11 is 0. The average Bonchev–Trinajstić information content (AvgIpc) is 3.00. The highest BCUT2D eigenvalue weighted by molar-refractivity contribution is 5.98. The monoisotopic (exact) mass is 349 g/mol. The van der Waals surface area contributed by atoms with Crippen molar-refractivity contribution in [3.63, 3.8) is 0 Å². The molecule has 0 saturated heterocycles. The highest BCUT2D eigenvalue weighted by atomic mass is 16.4. The molecule has 26 heavy (non-hydrogen) atoms. The average molecular weight is 349 g/mol. The summed E-state index contributed by atoms with van der Waals surface area (Å²) in [6.45, 7) is 2.38. The number of carbonyl (C=O) groups is 2. The molecule has 0 unspecified atom stereocenters. The zero-order valence-electron chi connectivity index (χ0n) is 14.4. The van der Waals surface area contributed by atoms with Gasteiger partial charge >= 0.3 is 5.97 Å². The third kappa shape index (κ3) is 2.86. The van der Waals surface area contributed by atoms with Crippen LogP contribution in [0.25, 0.3) is 11.0 Å². The van der Waals surface area contributed by atoms with E-state index in [-0.39, 0.29) is 12.3 Å². The molecule has 2 heterocycles. The van der Waals surface area contributed by atoms with Gasteiger partial charge in [0.2, 0.25) is 0 Å². The number of aliphatic carboxylic acids is 1. The number of hydrogen-bond acceptors (Lipinski definition) is 3. The van der Waals surface area contributed by atoms with Gasteiger partial charge in [0, 0.05) is 17.5 Å². The standard InChI is InChI=1S/C21H19NO4/c1-13-10-16-11-15(6-7-19(16)26-13)21(25)22-9-8-14-4-2-3-5-17(14)18(22)12-20(23)24/h2-7,10-11,18H,8-9,12H2,1H3,(H,23,24)/t18-/m1/s1. The summed E-state index contributed by atoms with van der Waals surface area (Å²) < 4.78 is 5.57. The normalized spacial score (nSPS) is 16.5. The van der Waals surface area contributed by atoms with Crippen LogP contribution in [0.5, 0.6) is 0 Å². The summed E-state index contributed by atoms with van der Waals surface area (Å²) in [7, 11) is 0. The minimum absolute atomic E-state index is 0.101.